The molecule has 0 radical (unpaired) electrons. The molecule has 2 aromatic carbocycles. The summed E-state index contributed by atoms with van der Waals surface area (Å²) < 4.78 is 21.7. The molecule has 0 aliphatic carbocycles. The average molecular weight is 457 g/mol. The van der Waals surface area contributed by atoms with Gasteiger partial charge in [-0.05, 0) is 36.8 Å². The van der Waals surface area contributed by atoms with E-state index < -0.39 is 22.8 Å². The summed E-state index contributed by atoms with van der Waals surface area (Å²) in [7, 11) is 1.56. The summed E-state index contributed by atoms with van der Waals surface area (Å²) in [5, 5.41) is 10.2. The van der Waals surface area contributed by atoms with Crippen molar-refractivity contribution in [1.29, 1.82) is 0 Å². The Morgan fingerprint density at radius 3 is 2.62 bits per heavy atom. The van der Waals surface area contributed by atoms with Crippen LogP contribution >= 0.6 is 11.8 Å². The van der Waals surface area contributed by atoms with Gasteiger partial charge in [-0.15, -0.1) is 11.8 Å². The maximum absolute atomic E-state index is 15.0. The second-order valence-electron chi connectivity index (χ2n) is 7.12. The number of fused-ring (bicyclic) bond motifs is 1. The molecule has 0 bridgehead atoms. The molecular weight excluding hydrogens is 437 g/mol. The number of carboxylic acids is 1. The lowest BCUT2D eigenvalue weighted by Gasteiger charge is -2.26. The fourth-order valence-corrected chi connectivity index (χ4v) is 4.71. The second-order valence-corrected chi connectivity index (χ2v) is 8.19. The smallest absolute Gasteiger partial charge is 0.341 e. The molecule has 1 aliphatic heterocycles. The Balaban J connectivity index is 1.74. The van der Waals surface area contributed by atoms with Crippen LogP contribution in [0.1, 0.15) is 28.2 Å². The third kappa shape index (κ3) is 3.77. The molecule has 2 N–H and O–H groups in total. The van der Waals surface area contributed by atoms with Gasteiger partial charge in [-0.25, -0.2) is 14.2 Å². The summed E-state index contributed by atoms with van der Waals surface area (Å²) in [6.45, 7) is 2.15. The monoisotopic (exact) mass is 457 g/mol. The van der Waals surface area contributed by atoms with Crippen molar-refractivity contribution >= 4 is 40.2 Å². The first-order chi connectivity index (χ1) is 15.3. The summed E-state index contributed by atoms with van der Waals surface area (Å²) >= 11 is 1.40. The highest BCUT2D eigenvalue weighted by Crippen LogP contribution is 2.39. The Labute approximate surface area is 186 Å². The molecule has 8 nitrogen and oxygen atoms in total. The van der Waals surface area contributed by atoms with Crippen molar-refractivity contribution in [2.45, 2.75) is 18.8 Å². The second kappa shape index (κ2) is 8.54. The number of carboxylic acid groups (broad SMARTS) is 1. The summed E-state index contributed by atoms with van der Waals surface area (Å²) in [6.07, 6.45) is 1.24. The van der Waals surface area contributed by atoms with Crippen LogP contribution in [0.2, 0.25) is 0 Å². The van der Waals surface area contributed by atoms with E-state index in [1.54, 1.807) is 30.7 Å². The molecule has 0 saturated carbocycles. The standard InChI is InChI=1S/C22H20FN3O5S/c1-3-25-10-15(22(29)30)20(28)14-8-16(23)17(9-18(14)25)24-26-19(27)11-32-21(26)12-4-6-13(31-2)7-5-12/h4-10,21,24H,3,11H2,1-2H3,(H,29,30)/t21-/m0/s1. The average Bonchev–Trinajstić information content (AvgIpc) is 3.15. The van der Waals surface area contributed by atoms with Gasteiger partial charge in [0.25, 0.3) is 5.91 Å². The van der Waals surface area contributed by atoms with Gasteiger partial charge in [0.15, 0.2) is 0 Å². The highest BCUT2D eigenvalue weighted by molar-refractivity contribution is 8.00. The quantitative estimate of drug-likeness (QED) is 0.585. The Kier molecular flexibility index (Phi) is 5.79. The highest BCUT2D eigenvalue weighted by atomic mass is 32.2. The minimum absolute atomic E-state index is 0.0107. The van der Waals surface area contributed by atoms with E-state index in [9.17, 15) is 23.9 Å². The molecule has 32 heavy (non-hydrogen) atoms. The lowest BCUT2D eigenvalue weighted by atomic mass is 10.1. The minimum atomic E-state index is -1.37. The van der Waals surface area contributed by atoms with Gasteiger partial charge in [0.1, 0.15) is 22.5 Å². The maximum Gasteiger partial charge on any atom is 0.341 e. The molecule has 4 rings (SSSR count). The number of hydrazine groups is 1. The number of pyridine rings is 1. The molecule has 1 aliphatic rings. The normalized spacial score (nSPS) is 15.9. The Morgan fingerprint density at radius 2 is 2.00 bits per heavy atom. The van der Waals surface area contributed by atoms with Gasteiger partial charge in [-0.1, -0.05) is 12.1 Å². The van der Waals surface area contributed by atoms with Crippen LogP contribution in [0, 0.1) is 5.82 Å². The van der Waals surface area contributed by atoms with E-state index in [0.29, 0.717) is 17.8 Å². The lowest BCUT2D eigenvalue weighted by Crippen LogP contribution is -2.34. The number of benzene rings is 2. The number of halogens is 1. The Bertz CT molecular complexity index is 1280. The van der Waals surface area contributed by atoms with E-state index in [-0.39, 0.29) is 28.1 Å². The summed E-state index contributed by atoms with van der Waals surface area (Å²) in [4.78, 5) is 36.4. The van der Waals surface area contributed by atoms with Gasteiger partial charge >= 0.3 is 5.97 Å². The highest BCUT2D eigenvalue weighted by Gasteiger charge is 2.34. The number of carbonyl (C=O) groups is 2. The van der Waals surface area contributed by atoms with E-state index in [1.807, 2.05) is 12.1 Å². The van der Waals surface area contributed by atoms with Crippen LogP contribution in [0.4, 0.5) is 10.1 Å². The molecule has 1 fully saturated rings. The Hall–Kier alpha value is -3.53. The lowest BCUT2D eigenvalue weighted by molar-refractivity contribution is -0.126. The van der Waals surface area contributed by atoms with Crippen molar-refractivity contribution < 1.29 is 23.8 Å². The number of thioether (sulfide) groups is 1. The van der Waals surface area contributed by atoms with Crippen LogP contribution in [0.25, 0.3) is 10.9 Å². The van der Waals surface area contributed by atoms with Crippen molar-refractivity contribution in [3.8, 4) is 5.75 Å². The molecule has 1 atom stereocenters. The molecule has 0 unspecified atom stereocenters. The summed E-state index contributed by atoms with van der Waals surface area (Å²) in [5.74, 6) is -1.45. The first kappa shape index (κ1) is 21.7. The number of carbonyl (C=O) groups excluding carboxylic acids is 1. The van der Waals surface area contributed by atoms with E-state index in [0.717, 1.165) is 11.6 Å². The summed E-state index contributed by atoms with van der Waals surface area (Å²) in [6, 6.07) is 9.67. The molecule has 1 amide bonds. The van der Waals surface area contributed by atoms with Gasteiger partial charge in [0.2, 0.25) is 5.43 Å². The van der Waals surface area contributed by atoms with Gasteiger partial charge < -0.3 is 14.4 Å². The van der Waals surface area contributed by atoms with Crippen LogP contribution in [-0.4, -0.2) is 39.4 Å². The van der Waals surface area contributed by atoms with Crippen molar-refractivity contribution in [2.75, 3.05) is 18.3 Å². The Morgan fingerprint density at radius 1 is 1.28 bits per heavy atom. The number of aromatic nitrogens is 1. The first-order valence-electron chi connectivity index (χ1n) is 9.78. The van der Waals surface area contributed by atoms with E-state index in [4.69, 9.17) is 4.74 Å². The van der Waals surface area contributed by atoms with E-state index >= 15 is 0 Å². The van der Waals surface area contributed by atoms with Crippen molar-refractivity contribution in [3.05, 3.63) is 69.8 Å². The number of nitrogens with one attached hydrogen (secondary N) is 1. The van der Waals surface area contributed by atoms with Crippen LogP contribution in [-0.2, 0) is 11.3 Å². The molecule has 1 saturated heterocycles. The predicted octanol–water partition coefficient (Wildman–Crippen LogP) is 3.47. The summed E-state index contributed by atoms with van der Waals surface area (Å²) in [5.41, 5.74) is 2.90. The SMILES string of the molecule is CCn1cc(C(=O)O)c(=O)c2cc(F)c(NN3C(=O)CS[C@H]3c3ccc(OC)cc3)cc21. The topological polar surface area (TPSA) is 101 Å². The zero-order valence-electron chi connectivity index (χ0n) is 17.3. The number of nitrogens with zero attached hydrogens (tertiary/aromatic N) is 2. The van der Waals surface area contributed by atoms with Crippen LogP contribution in [0.3, 0.4) is 0 Å². The molecule has 0 spiro atoms. The number of methoxy groups -OCH3 is 1. The fourth-order valence-electron chi connectivity index (χ4n) is 3.60. The number of aromatic carboxylic acids is 1. The van der Waals surface area contributed by atoms with Gasteiger partial charge in [-0.2, -0.15) is 0 Å². The molecule has 3 aromatic rings. The molecule has 166 valence electrons. The zero-order valence-corrected chi connectivity index (χ0v) is 18.1. The van der Waals surface area contributed by atoms with E-state index in [2.05, 4.69) is 5.43 Å². The van der Waals surface area contributed by atoms with Crippen LogP contribution in [0.5, 0.6) is 5.75 Å². The fraction of sp³-hybridized carbons (Fsp3) is 0.227. The molecule has 2 heterocycles. The van der Waals surface area contributed by atoms with Crippen LogP contribution < -0.4 is 15.6 Å². The number of anilines is 1. The molecular formula is C22H20FN3O5S. The van der Waals surface area contributed by atoms with Gasteiger partial charge in [-0.3, -0.25) is 15.0 Å². The first-order valence-corrected chi connectivity index (χ1v) is 10.8. The minimum Gasteiger partial charge on any atom is -0.497 e. The third-order valence-electron chi connectivity index (χ3n) is 5.25. The number of ether oxygens (including phenoxy) is 1. The predicted molar refractivity (Wildman–Crippen MR) is 119 cm³/mol. The van der Waals surface area contributed by atoms with E-state index in [1.165, 1.54) is 29.0 Å². The third-order valence-corrected chi connectivity index (χ3v) is 6.46. The number of amides is 1. The van der Waals surface area contributed by atoms with Crippen molar-refractivity contribution in [2.24, 2.45) is 0 Å². The number of hydrogen-bond acceptors (Lipinski definition) is 6. The van der Waals surface area contributed by atoms with Gasteiger partial charge in [0, 0.05) is 18.1 Å². The number of rotatable bonds is 6. The zero-order chi connectivity index (χ0) is 23.0. The number of aryl methyl sites for hydroxylation is 1. The van der Waals surface area contributed by atoms with Crippen molar-refractivity contribution in [3.63, 3.8) is 0 Å². The largest absolute Gasteiger partial charge is 0.497 e. The number of hydrogen-bond donors (Lipinski definition) is 2. The van der Waals surface area contributed by atoms with Crippen molar-refractivity contribution in [1.82, 2.24) is 9.58 Å². The molecule has 1 aromatic heterocycles. The molecule has 10 heteroatoms. The van der Waals surface area contributed by atoms with Crippen LogP contribution in [0.15, 0.2) is 47.4 Å². The maximum atomic E-state index is 15.0. The van der Waals surface area contributed by atoms with Gasteiger partial charge in [0.05, 0.1) is 24.1 Å².